The van der Waals surface area contributed by atoms with Crippen LogP contribution in [0.1, 0.15) is 43.4 Å². The van der Waals surface area contributed by atoms with Gasteiger partial charge in [-0.25, -0.2) is 0 Å². The van der Waals surface area contributed by atoms with E-state index in [0.717, 1.165) is 55.6 Å². The Hall–Kier alpha value is -2.00. The molecule has 2 aliphatic heterocycles. The van der Waals surface area contributed by atoms with Crippen molar-refractivity contribution in [1.82, 2.24) is 4.90 Å². The second kappa shape index (κ2) is 7.09. The van der Waals surface area contributed by atoms with E-state index < -0.39 is 0 Å². The Balaban J connectivity index is 1.90. The minimum Gasteiger partial charge on any atom is -0.331 e. The summed E-state index contributed by atoms with van der Waals surface area (Å²) in [6.45, 7) is 5.12. The van der Waals surface area contributed by atoms with E-state index in [2.05, 4.69) is 59.2 Å². The van der Waals surface area contributed by atoms with E-state index in [9.17, 15) is 0 Å². The third-order valence-electron chi connectivity index (χ3n) is 5.05. The predicted molar refractivity (Wildman–Crippen MR) is 106 cm³/mol. The zero-order valence-electron chi connectivity index (χ0n) is 14.7. The highest BCUT2D eigenvalue weighted by Gasteiger charge is 2.38. The van der Waals surface area contributed by atoms with E-state index >= 15 is 0 Å². The normalized spacial score (nSPS) is 19.3. The van der Waals surface area contributed by atoms with Gasteiger partial charge in [-0.1, -0.05) is 67.4 Å². The van der Waals surface area contributed by atoms with Crippen molar-refractivity contribution in [3.63, 3.8) is 0 Å². The number of unbranched alkanes of at least 4 members (excludes halogenated alkanes) is 1. The average Bonchev–Trinajstić information content (AvgIpc) is 2.66. The molecule has 0 bridgehead atoms. The van der Waals surface area contributed by atoms with Crippen molar-refractivity contribution in [2.24, 2.45) is 4.99 Å². The van der Waals surface area contributed by atoms with E-state index in [1.54, 1.807) is 0 Å². The van der Waals surface area contributed by atoms with E-state index in [-0.39, 0.29) is 6.04 Å². The van der Waals surface area contributed by atoms with Crippen LogP contribution < -0.4 is 4.90 Å². The van der Waals surface area contributed by atoms with Crippen LogP contribution in [0.4, 0.5) is 5.69 Å². The number of rotatable bonds is 4. The predicted octanol–water partition coefficient (Wildman–Crippen LogP) is 5.11. The maximum Gasteiger partial charge on any atom is 0.202 e. The third-order valence-corrected chi connectivity index (χ3v) is 5.36. The second-order valence-corrected chi connectivity index (χ2v) is 7.13. The molecule has 4 heteroatoms. The van der Waals surface area contributed by atoms with Gasteiger partial charge in [0.25, 0.3) is 0 Å². The highest BCUT2D eigenvalue weighted by Crippen LogP contribution is 2.44. The summed E-state index contributed by atoms with van der Waals surface area (Å²) in [4.78, 5) is 9.72. The number of guanidine groups is 1. The molecule has 2 heterocycles. The molecule has 0 saturated heterocycles. The second-order valence-electron chi connectivity index (χ2n) is 6.72. The molecule has 1 atom stereocenters. The van der Waals surface area contributed by atoms with Gasteiger partial charge in [-0.05, 0) is 24.5 Å². The van der Waals surface area contributed by atoms with Gasteiger partial charge in [0.1, 0.15) is 0 Å². The lowest BCUT2D eigenvalue weighted by Gasteiger charge is -2.47. The maximum atomic E-state index is 6.68. The summed E-state index contributed by atoms with van der Waals surface area (Å²) in [6.07, 6.45) is 3.39. The van der Waals surface area contributed by atoms with E-state index in [1.807, 2.05) is 6.07 Å². The first-order valence-electron chi connectivity index (χ1n) is 9.23. The van der Waals surface area contributed by atoms with Gasteiger partial charge in [-0.2, -0.15) is 0 Å². The molecule has 25 heavy (non-hydrogen) atoms. The Morgan fingerprint density at radius 1 is 1.12 bits per heavy atom. The van der Waals surface area contributed by atoms with E-state index in [0.29, 0.717) is 0 Å². The van der Waals surface area contributed by atoms with Crippen molar-refractivity contribution in [2.75, 3.05) is 24.5 Å². The summed E-state index contributed by atoms with van der Waals surface area (Å²) in [5, 5.41) is 0.822. The minimum atomic E-state index is 0.187. The Kier molecular flexibility index (Phi) is 4.67. The third kappa shape index (κ3) is 2.91. The number of anilines is 1. The van der Waals surface area contributed by atoms with Crippen LogP contribution in [0.25, 0.3) is 0 Å². The molecule has 3 nitrogen and oxygen atoms in total. The van der Waals surface area contributed by atoms with Gasteiger partial charge in [-0.3, -0.25) is 4.99 Å². The molecule has 0 saturated carbocycles. The summed E-state index contributed by atoms with van der Waals surface area (Å²) < 4.78 is 0. The number of nitrogens with zero attached hydrogens (tertiary/aromatic N) is 3. The fourth-order valence-corrected chi connectivity index (χ4v) is 4.21. The van der Waals surface area contributed by atoms with E-state index in [1.165, 1.54) is 11.1 Å². The van der Waals surface area contributed by atoms with Crippen LogP contribution in [0, 0.1) is 0 Å². The smallest absolute Gasteiger partial charge is 0.202 e. The molecule has 0 fully saturated rings. The zero-order chi connectivity index (χ0) is 17.2. The molecule has 0 amide bonds. The molecular weight excluding hydrogens is 330 g/mol. The number of benzene rings is 2. The molecule has 0 radical (unpaired) electrons. The topological polar surface area (TPSA) is 18.8 Å². The molecule has 2 aliphatic rings. The van der Waals surface area contributed by atoms with Gasteiger partial charge < -0.3 is 9.80 Å². The first-order chi connectivity index (χ1) is 12.3. The number of halogens is 1. The monoisotopic (exact) mass is 353 g/mol. The summed E-state index contributed by atoms with van der Waals surface area (Å²) in [7, 11) is 0. The average molecular weight is 354 g/mol. The lowest BCUT2D eigenvalue weighted by Crippen LogP contribution is -2.53. The van der Waals surface area contributed by atoms with Crippen LogP contribution in [0.15, 0.2) is 53.5 Å². The van der Waals surface area contributed by atoms with Crippen LogP contribution >= 0.6 is 11.6 Å². The van der Waals surface area contributed by atoms with Gasteiger partial charge in [0, 0.05) is 25.2 Å². The van der Waals surface area contributed by atoms with Crippen LogP contribution in [0.5, 0.6) is 0 Å². The summed E-state index contributed by atoms with van der Waals surface area (Å²) in [6, 6.07) is 17.2. The van der Waals surface area contributed by atoms with Crippen LogP contribution in [0.3, 0.4) is 0 Å². The van der Waals surface area contributed by atoms with Crippen molar-refractivity contribution in [2.45, 2.75) is 32.2 Å². The summed E-state index contributed by atoms with van der Waals surface area (Å²) >= 11 is 6.68. The molecular formula is C21H24ClN3. The fourth-order valence-electron chi connectivity index (χ4n) is 3.92. The largest absolute Gasteiger partial charge is 0.331 e. The minimum absolute atomic E-state index is 0.187. The van der Waals surface area contributed by atoms with Gasteiger partial charge in [0.15, 0.2) is 0 Å². The van der Waals surface area contributed by atoms with Crippen molar-refractivity contribution in [3.05, 3.63) is 64.7 Å². The lowest BCUT2D eigenvalue weighted by molar-refractivity contribution is 0.322. The molecule has 0 aliphatic carbocycles. The Morgan fingerprint density at radius 2 is 1.96 bits per heavy atom. The van der Waals surface area contributed by atoms with Crippen LogP contribution in [-0.2, 0) is 0 Å². The van der Waals surface area contributed by atoms with Gasteiger partial charge in [0.2, 0.25) is 5.96 Å². The number of fused-ring (bicyclic) bond motifs is 2. The van der Waals surface area contributed by atoms with Crippen molar-refractivity contribution in [3.8, 4) is 0 Å². The zero-order valence-corrected chi connectivity index (χ0v) is 15.4. The Bertz CT molecular complexity index is 772. The van der Waals surface area contributed by atoms with Crippen LogP contribution in [0.2, 0.25) is 5.02 Å². The molecule has 0 N–H and O–H groups in total. The molecule has 2 aromatic carbocycles. The molecule has 0 spiro atoms. The quantitative estimate of drug-likeness (QED) is 0.760. The number of hydrogen-bond acceptors (Lipinski definition) is 3. The SMILES string of the molecule is CCCCN1C2=NCCCN2C(c2ccccc2)c2cccc(Cl)c21. The fraction of sp³-hybridized carbons (Fsp3) is 0.381. The lowest BCUT2D eigenvalue weighted by atomic mass is 9.92. The molecule has 1 unspecified atom stereocenters. The van der Waals surface area contributed by atoms with E-state index in [4.69, 9.17) is 16.6 Å². The first kappa shape index (κ1) is 16.5. The Morgan fingerprint density at radius 3 is 2.76 bits per heavy atom. The first-order valence-corrected chi connectivity index (χ1v) is 9.61. The molecule has 130 valence electrons. The van der Waals surface area contributed by atoms with Gasteiger partial charge >= 0.3 is 0 Å². The van der Waals surface area contributed by atoms with Crippen LogP contribution in [-0.4, -0.2) is 30.5 Å². The standard InChI is InChI=1S/C21H24ClN3/c1-2-3-14-25-20-17(11-7-12-18(20)22)19(16-9-5-4-6-10-16)24-15-8-13-23-21(24)25/h4-7,9-12,19H,2-3,8,13-15H2,1H3. The Labute approximate surface area is 154 Å². The number of aliphatic imine (C=N–C) groups is 1. The van der Waals surface area contributed by atoms with Gasteiger partial charge in [-0.15, -0.1) is 0 Å². The van der Waals surface area contributed by atoms with Gasteiger partial charge in [0.05, 0.1) is 16.8 Å². The number of para-hydroxylation sites is 1. The highest BCUT2D eigenvalue weighted by molar-refractivity contribution is 6.34. The molecule has 2 aromatic rings. The number of hydrogen-bond donors (Lipinski definition) is 0. The summed E-state index contributed by atoms with van der Waals surface area (Å²) in [5.74, 6) is 1.09. The highest BCUT2D eigenvalue weighted by atomic mass is 35.5. The maximum absolute atomic E-state index is 6.68. The van der Waals surface area contributed by atoms with Crippen molar-refractivity contribution < 1.29 is 0 Å². The molecule has 4 rings (SSSR count). The van der Waals surface area contributed by atoms with Crippen molar-refractivity contribution >= 4 is 23.2 Å². The van der Waals surface area contributed by atoms with Crippen molar-refractivity contribution in [1.29, 1.82) is 0 Å². The molecule has 0 aromatic heterocycles. The summed E-state index contributed by atoms with van der Waals surface area (Å²) in [5.41, 5.74) is 3.73.